The summed E-state index contributed by atoms with van der Waals surface area (Å²) in [5, 5.41) is 0.601. The maximum atomic E-state index is 6.03. The van der Waals surface area contributed by atoms with E-state index in [-0.39, 0.29) is 0 Å². The van der Waals surface area contributed by atoms with E-state index in [1.807, 2.05) is 6.92 Å². The first-order chi connectivity index (χ1) is 9.63. The van der Waals surface area contributed by atoms with Gasteiger partial charge in [-0.05, 0) is 25.1 Å². The van der Waals surface area contributed by atoms with Crippen LogP contribution in [0.15, 0.2) is 24.3 Å². The maximum Gasteiger partial charge on any atom is 0.157 e. The number of nitrogens with zero attached hydrogens (tertiary/aromatic N) is 2. The summed E-state index contributed by atoms with van der Waals surface area (Å²) in [6.07, 6.45) is 0. The van der Waals surface area contributed by atoms with Gasteiger partial charge in [-0.25, -0.2) is 9.97 Å². The lowest BCUT2D eigenvalue weighted by Crippen LogP contribution is -2.04. The fourth-order valence-electron chi connectivity index (χ4n) is 1.79. The second kappa shape index (κ2) is 6.54. The predicted octanol–water partition coefficient (Wildman–Crippen LogP) is 2.92. The SMILES string of the molecule is CCOCc1nc(N)cc(-c2cc(Cl)ccc2OC)n1. The minimum absolute atomic E-state index is 0.317. The largest absolute Gasteiger partial charge is 0.496 e. The normalized spacial score (nSPS) is 10.6. The van der Waals surface area contributed by atoms with E-state index < -0.39 is 0 Å². The number of benzene rings is 1. The molecule has 2 rings (SSSR count). The van der Waals surface area contributed by atoms with E-state index in [4.69, 9.17) is 26.8 Å². The molecule has 0 fully saturated rings. The average molecular weight is 294 g/mol. The lowest BCUT2D eigenvalue weighted by atomic mass is 10.1. The third-order valence-corrected chi connectivity index (χ3v) is 2.90. The molecular weight excluding hydrogens is 278 g/mol. The van der Waals surface area contributed by atoms with Crippen LogP contribution in [0.3, 0.4) is 0 Å². The lowest BCUT2D eigenvalue weighted by molar-refractivity contribution is 0.128. The lowest BCUT2D eigenvalue weighted by Gasteiger charge is -2.10. The molecular formula is C14H16ClN3O2. The van der Waals surface area contributed by atoms with E-state index in [1.165, 1.54) is 0 Å². The van der Waals surface area contributed by atoms with Crippen molar-refractivity contribution in [2.45, 2.75) is 13.5 Å². The number of hydrogen-bond acceptors (Lipinski definition) is 5. The van der Waals surface area contributed by atoms with E-state index >= 15 is 0 Å². The standard InChI is InChI=1S/C14H16ClN3O2/c1-3-20-8-14-17-11(7-13(16)18-14)10-6-9(15)4-5-12(10)19-2/h4-7H,3,8H2,1-2H3,(H2,16,17,18). The van der Waals surface area contributed by atoms with Crippen molar-refractivity contribution in [3.63, 3.8) is 0 Å². The van der Waals surface area contributed by atoms with Crippen molar-refractivity contribution in [1.82, 2.24) is 9.97 Å². The van der Waals surface area contributed by atoms with Crippen LogP contribution in [0.4, 0.5) is 5.82 Å². The summed E-state index contributed by atoms with van der Waals surface area (Å²) < 4.78 is 10.6. The van der Waals surface area contributed by atoms with Crippen molar-refractivity contribution < 1.29 is 9.47 Å². The Hall–Kier alpha value is -1.85. The molecule has 2 N–H and O–H groups in total. The van der Waals surface area contributed by atoms with Crippen molar-refractivity contribution in [2.24, 2.45) is 0 Å². The number of nitrogens with two attached hydrogens (primary N) is 1. The van der Waals surface area contributed by atoms with Crippen molar-refractivity contribution in [1.29, 1.82) is 0 Å². The van der Waals surface area contributed by atoms with Crippen LogP contribution in [-0.2, 0) is 11.3 Å². The summed E-state index contributed by atoms with van der Waals surface area (Å²) in [6, 6.07) is 7.02. The minimum Gasteiger partial charge on any atom is -0.496 e. The van der Waals surface area contributed by atoms with Gasteiger partial charge in [0.1, 0.15) is 18.2 Å². The number of halogens is 1. The maximum absolute atomic E-state index is 6.03. The summed E-state index contributed by atoms with van der Waals surface area (Å²) in [4.78, 5) is 8.58. The zero-order chi connectivity index (χ0) is 14.5. The number of rotatable bonds is 5. The number of methoxy groups -OCH3 is 1. The van der Waals surface area contributed by atoms with Crippen molar-refractivity contribution in [2.75, 3.05) is 19.5 Å². The van der Waals surface area contributed by atoms with Gasteiger partial charge in [-0.3, -0.25) is 0 Å². The highest BCUT2D eigenvalue weighted by atomic mass is 35.5. The molecule has 5 nitrogen and oxygen atoms in total. The first-order valence-electron chi connectivity index (χ1n) is 6.19. The number of aromatic nitrogens is 2. The Kier molecular flexibility index (Phi) is 4.76. The molecule has 0 unspecified atom stereocenters. The number of ether oxygens (including phenoxy) is 2. The first kappa shape index (κ1) is 14.6. The van der Waals surface area contributed by atoms with Gasteiger partial charge in [0.25, 0.3) is 0 Å². The Balaban J connectivity index is 2.46. The van der Waals surface area contributed by atoms with Gasteiger partial charge in [0.15, 0.2) is 5.82 Å². The van der Waals surface area contributed by atoms with E-state index in [1.54, 1.807) is 31.4 Å². The molecule has 1 aromatic carbocycles. The van der Waals surface area contributed by atoms with Crippen molar-refractivity contribution in [3.8, 4) is 17.0 Å². The monoisotopic (exact) mass is 293 g/mol. The molecule has 0 atom stereocenters. The second-order valence-corrected chi connectivity index (χ2v) is 4.51. The zero-order valence-corrected chi connectivity index (χ0v) is 12.1. The second-order valence-electron chi connectivity index (χ2n) is 4.08. The summed E-state index contributed by atoms with van der Waals surface area (Å²) >= 11 is 6.03. The number of anilines is 1. The Bertz CT molecular complexity index is 605. The molecule has 2 aromatic rings. The Morgan fingerprint density at radius 2 is 2.05 bits per heavy atom. The molecule has 0 saturated carbocycles. The van der Waals surface area contributed by atoms with Gasteiger partial charge in [0.05, 0.1) is 12.8 Å². The van der Waals surface area contributed by atoms with Gasteiger partial charge in [0.2, 0.25) is 0 Å². The Labute approximate surface area is 122 Å². The molecule has 0 aliphatic heterocycles. The molecule has 0 saturated heterocycles. The van der Waals surface area contributed by atoms with Crippen LogP contribution in [0, 0.1) is 0 Å². The Morgan fingerprint density at radius 1 is 1.25 bits per heavy atom. The highest BCUT2D eigenvalue weighted by molar-refractivity contribution is 6.30. The molecule has 20 heavy (non-hydrogen) atoms. The van der Waals surface area contributed by atoms with E-state index in [2.05, 4.69) is 9.97 Å². The molecule has 0 bridgehead atoms. The van der Waals surface area contributed by atoms with E-state index in [9.17, 15) is 0 Å². The fourth-order valence-corrected chi connectivity index (χ4v) is 1.97. The molecule has 106 valence electrons. The molecule has 0 radical (unpaired) electrons. The topological polar surface area (TPSA) is 70.3 Å². The van der Waals surface area contributed by atoms with Crippen LogP contribution >= 0.6 is 11.6 Å². The van der Waals surface area contributed by atoms with Gasteiger partial charge >= 0.3 is 0 Å². The molecule has 0 aliphatic carbocycles. The van der Waals surface area contributed by atoms with Crippen LogP contribution in [0.5, 0.6) is 5.75 Å². The molecule has 1 heterocycles. The van der Waals surface area contributed by atoms with Crippen LogP contribution in [0.1, 0.15) is 12.7 Å². The summed E-state index contributed by atoms with van der Waals surface area (Å²) in [7, 11) is 1.60. The molecule has 1 aromatic heterocycles. The van der Waals surface area contributed by atoms with Crippen LogP contribution in [0.2, 0.25) is 5.02 Å². The quantitative estimate of drug-likeness (QED) is 0.918. The van der Waals surface area contributed by atoms with Gasteiger partial charge in [0, 0.05) is 23.3 Å². The zero-order valence-electron chi connectivity index (χ0n) is 11.4. The van der Waals surface area contributed by atoms with E-state index in [0.29, 0.717) is 41.3 Å². The summed E-state index contributed by atoms with van der Waals surface area (Å²) in [6.45, 7) is 2.82. The van der Waals surface area contributed by atoms with Gasteiger partial charge in [-0.2, -0.15) is 0 Å². The third kappa shape index (κ3) is 3.37. The van der Waals surface area contributed by atoms with Crippen LogP contribution in [0.25, 0.3) is 11.3 Å². The summed E-state index contributed by atoms with van der Waals surface area (Å²) in [5.41, 5.74) is 7.25. The molecule has 0 spiro atoms. The fraction of sp³-hybridized carbons (Fsp3) is 0.286. The van der Waals surface area contributed by atoms with Crippen LogP contribution in [-0.4, -0.2) is 23.7 Å². The minimum atomic E-state index is 0.317. The molecule has 0 aliphatic rings. The smallest absolute Gasteiger partial charge is 0.157 e. The van der Waals surface area contributed by atoms with Crippen molar-refractivity contribution >= 4 is 17.4 Å². The third-order valence-electron chi connectivity index (χ3n) is 2.67. The van der Waals surface area contributed by atoms with E-state index in [0.717, 1.165) is 5.56 Å². The highest BCUT2D eigenvalue weighted by Gasteiger charge is 2.11. The van der Waals surface area contributed by atoms with Gasteiger partial charge in [-0.15, -0.1) is 0 Å². The van der Waals surface area contributed by atoms with Gasteiger partial charge < -0.3 is 15.2 Å². The Morgan fingerprint density at radius 3 is 2.75 bits per heavy atom. The number of hydrogen-bond donors (Lipinski definition) is 1. The molecule has 6 heteroatoms. The summed E-state index contributed by atoms with van der Waals surface area (Å²) in [5.74, 6) is 1.59. The molecule has 0 amide bonds. The predicted molar refractivity (Wildman–Crippen MR) is 78.8 cm³/mol. The highest BCUT2D eigenvalue weighted by Crippen LogP contribution is 2.31. The average Bonchev–Trinajstić information content (AvgIpc) is 2.44. The van der Waals surface area contributed by atoms with Gasteiger partial charge in [-0.1, -0.05) is 11.6 Å². The van der Waals surface area contributed by atoms with Crippen LogP contribution < -0.4 is 10.5 Å². The number of nitrogen functional groups attached to an aromatic ring is 1. The van der Waals surface area contributed by atoms with Crippen molar-refractivity contribution in [3.05, 3.63) is 35.1 Å². The first-order valence-corrected chi connectivity index (χ1v) is 6.57.